The first kappa shape index (κ1) is 17.9. The molecule has 0 radical (unpaired) electrons. The Morgan fingerprint density at radius 2 is 1.70 bits per heavy atom. The monoisotopic (exact) mass is 288 g/mol. The summed E-state index contributed by atoms with van der Waals surface area (Å²) in [7, 11) is 1.68. The second-order valence-corrected chi connectivity index (χ2v) is 6.34. The van der Waals surface area contributed by atoms with Crippen molar-refractivity contribution in [2.45, 2.75) is 26.8 Å². The average Bonchev–Trinajstić information content (AvgIpc) is 2.41. The quantitative estimate of drug-likeness (QED) is 0.641. The fourth-order valence-electron chi connectivity index (χ4n) is 2.51. The summed E-state index contributed by atoms with van der Waals surface area (Å²) in [5.74, 6) is 0. The number of ether oxygens (including phenoxy) is 3. The minimum absolute atomic E-state index is 0.302. The van der Waals surface area contributed by atoms with Crippen molar-refractivity contribution >= 4 is 0 Å². The van der Waals surface area contributed by atoms with Crippen molar-refractivity contribution < 1.29 is 14.2 Å². The molecular weight excluding hydrogens is 256 g/mol. The number of piperazine rings is 1. The molecule has 5 nitrogen and oxygen atoms in total. The van der Waals surface area contributed by atoms with Gasteiger partial charge in [0.05, 0.1) is 33.0 Å². The second-order valence-electron chi connectivity index (χ2n) is 6.34. The predicted molar refractivity (Wildman–Crippen MR) is 81.2 cm³/mol. The highest BCUT2D eigenvalue weighted by atomic mass is 16.5. The number of hydrogen-bond acceptors (Lipinski definition) is 5. The van der Waals surface area contributed by atoms with E-state index in [1.807, 2.05) is 0 Å². The minimum Gasteiger partial charge on any atom is -0.382 e. The summed E-state index contributed by atoms with van der Waals surface area (Å²) in [6, 6.07) is 0.581. The zero-order valence-corrected chi connectivity index (χ0v) is 13.6. The maximum absolute atomic E-state index is 5.65. The van der Waals surface area contributed by atoms with Crippen molar-refractivity contribution in [3.63, 3.8) is 0 Å². The molecular formula is C15H32N2O3. The molecule has 120 valence electrons. The van der Waals surface area contributed by atoms with Gasteiger partial charge in [-0.2, -0.15) is 0 Å². The van der Waals surface area contributed by atoms with Crippen LogP contribution in [0.5, 0.6) is 0 Å². The van der Waals surface area contributed by atoms with Gasteiger partial charge in [0.2, 0.25) is 0 Å². The standard InChI is InChI=1S/C15H32N2O3/c1-15(2,3)14-13-16-5-6-17(14)7-8-19-11-12-20-10-9-18-4/h14,16H,5-13H2,1-4H3. The normalized spacial score (nSPS) is 21.3. The van der Waals surface area contributed by atoms with E-state index in [4.69, 9.17) is 14.2 Å². The van der Waals surface area contributed by atoms with Crippen molar-refractivity contribution in [3.8, 4) is 0 Å². The molecule has 0 saturated carbocycles. The first-order valence-corrected chi connectivity index (χ1v) is 7.65. The Kier molecular flexibility index (Phi) is 8.64. The molecule has 0 aliphatic carbocycles. The zero-order valence-electron chi connectivity index (χ0n) is 13.6. The smallest absolute Gasteiger partial charge is 0.0701 e. The van der Waals surface area contributed by atoms with Crippen LogP contribution in [0.3, 0.4) is 0 Å². The summed E-state index contributed by atoms with van der Waals surface area (Å²) in [4.78, 5) is 2.54. The van der Waals surface area contributed by atoms with Gasteiger partial charge in [-0.05, 0) is 5.41 Å². The van der Waals surface area contributed by atoms with E-state index in [0.717, 1.165) is 32.8 Å². The molecule has 1 N–H and O–H groups in total. The third-order valence-corrected chi connectivity index (χ3v) is 3.68. The van der Waals surface area contributed by atoms with Crippen LogP contribution in [-0.4, -0.2) is 77.3 Å². The van der Waals surface area contributed by atoms with Crippen LogP contribution in [-0.2, 0) is 14.2 Å². The van der Waals surface area contributed by atoms with Crippen LogP contribution in [0.2, 0.25) is 0 Å². The van der Waals surface area contributed by atoms with Gasteiger partial charge in [0.15, 0.2) is 0 Å². The van der Waals surface area contributed by atoms with E-state index in [1.54, 1.807) is 7.11 Å². The molecule has 20 heavy (non-hydrogen) atoms. The summed E-state index contributed by atoms with van der Waals surface area (Å²) >= 11 is 0. The van der Waals surface area contributed by atoms with Crippen LogP contribution in [0, 0.1) is 5.41 Å². The Bertz CT molecular complexity index is 244. The molecule has 1 saturated heterocycles. The zero-order chi connectivity index (χ0) is 14.8. The largest absolute Gasteiger partial charge is 0.382 e. The lowest BCUT2D eigenvalue weighted by Gasteiger charge is -2.43. The fourth-order valence-corrected chi connectivity index (χ4v) is 2.51. The molecule has 1 aliphatic heterocycles. The van der Waals surface area contributed by atoms with Gasteiger partial charge in [-0.3, -0.25) is 4.90 Å². The molecule has 0 aromatic heterocycles. The molecule has 0 amide bonds. The highest BCUT2D eigenvalue weighted by molar-refractivity contribution is 4.88. The number of nitrogens with zero attached hydrogens (tertiary/aromatic N) is 1. The van der Waals surface area contributed by atoms with Crippen LogP contribution >= 0.6 is 0 Å². The highest BCUT2D eigenvalue weighted by Gasteiger charge is 2.31. The van der Waals surface area contributed by atoms with Crippen molar-refractivity contribution in [2.24, 2.45) is 5.41 Å². The van der Waals surface area contributed by atoms with Crippen molar-refractivity contribution in [1.29, 1.82) is 0 Å². The minimum atomic E-state index is 0.302. The molecule has 0 aromatic rings. The number of nitrogens with one attached hydrogen (secondary N) is 1. The predicted octanol–water partition coefficient (Wildman–Crippen LogP) is 0.986. The van der Waals surface area contributed by atoms with Gasteiger partial charge < -0.3 is 19.5 Å². The van der Waals surface area contributed by atoms with Gasteiger partial charge in [0.25, 0.3) is 0 Å². The molecule has 0 aromatic carbocycles. The Morgan fingerprint density at radius 3 is 2.35 bits per heavy atom. The Morgan fingerprint density at radius 1 is 1.05 bits per heavy atom. The van der Waals surface area contributed by atoms with Crippen LogP contribution in [0.4, 0.5) is 0 Å². The molecule has 1 rings (SSSR count). The molecule has 0 spiro atoms. The Hall–Kier alpha value is -0.200. The van der Waals surface area contributed by atoms with Crippen LogP contribution < -0.4 is 5.32 Å². The summed E-state index contributed by atoms with van der Waals surface area (Å²) in [6.45, 7) is 14.6. The fraction of sp³-hybridized carbons (Fsp3) is 1.00. The maximum Gasteiger partial charge on any atom is 0.0701 e. The van der Waals surface area contributed by atoms with Gasteiger partial charge in [0.1, 0.15) is 0 Å². The topological polar surface area (TPSA) is 43.0 Å². The van der Waals surface area contributed by atoms with E-state index in [9.17, 15) is 0 Å². The van der Waals surface area contributed by atoms with Crippen molar-refractivity contribution in [1.82, 2.24) is 10.2 Å². The van der Waals surface area contributed by atoms with E-state index >= 15 is 0 Å². The van der Waals surface area contributed by atoms with Gasteiger partial charge in [-0.1, -0.05) is 20.8 Å². The van der Waals surface area contributed by atoms with E-state index in [2.05, 4.69) is 31.0 Å². The third kappa shape index (κ3) is 6.99. The number of rotatable bonds is 9. The first-order chi connectivity index (χ1) is 9.55. The number of methoxy groups -OCH3 is 1. The Labute approximate surface area is 123 Å². The summed E-state index contributed by atoms with van der Waals surface area (Å²) in [6.07, 6.45) is 0. The second kappa shape index (κ2) is 9.68. The van der Waals surface area contributed by atoms with Gasteiger partial charge in [-0.25, -0.2) is 0 Å². The van der Waals surface area contributed by atoms with E-state index in [1.165, 1.54) is 0 Å². The van der Waals surface area contributed by atoms with Crippen LogP contribution in [0.1, 0.15) is 20.8 Å². The summed E-state index contributed by atoms with van der Waals surface area (Å²) in [5.41, 5.74) is 0.302. The lowest BCUT2D eigenvalue weighted by Crippen LogP contribution is -2.57. The van der Waals surface area contributed by atoms with Crippen molar-refractivity contribution in [3.05, 3.63) is 0 Å². The first-order valence-electron chi connectivity index (χ1n) is 7.65. The molecule has 1 unspecified atom stereocenters. The van der Waals surface area contributed by atoms with Gasteiger partial charge >= 0.3 is 0 Å². The van der Waals surface area contributed by atoms with E-state index in [-0.39, 0.29) is 0 Å². The van der Waals surface area contributed by atoms with E-state index < -0.39 is 0 Å². The molecule has 1 aliphatic rings. The molecule has 5 heteroatoms. The molecule has 1 heterocycles. The summed E-state index contributed by atoms with van der Waals surface area (Å²) in [5, 5.41) is 3.49. The third-order valence-electron chi connectivity index (χ3n) is 3.68. The van der Waals surface area contributed by atoms with Gasteiger partial charge in [0, 0.05) is 39.3 Å². The lowest BCUT2D eigenvalue weighted by molar-refractivity contribution is 0.00543. The average molecular weight is 288 g/mol. The number of hydrogen-bond donors (Lipinski definition) is 1. The highest BCUT2D eigenvalue weighted by Crippen LogP contribution is 2.25. The van der Waals surface area contributed by atoms with Crippen LogP contribution in [0.25, 0.3) is 0 Å². The SMILES string of the molecule is COCCOCCOCCN1CCNCC1C(C)(C)C. The van der Waals surface area contributed by atoms with E-state index in [0.29, 0.717) is 37.9 Å². The molecule has 1 fully saturated rings. The molecule has 0 bridgehead atoms. The van der Waals surface area contributed by atoms with Gasteiger partial charge in [-0.15, -0.1) is 0 Å². The molecule has 1 atom stereocenters. The lowest BCUT2D eigenvalue weighted by atomic mass is 9.84. The van der Waals surface area contributed by atoms with Crippen molar-refractivity contribution in [2.75, 3.05) is 66.3 Å². The van der Waals surface area contributed by atoms with Crippen LogP contribution in [0.15, 0.2) is 0 Å². The summed E-state index contributed by atoms with van der Waals surface area (Å²) < 4.78 is 15.9. The maximum atomic E-state index is 5.65. The Balaban J connectivity index is 2.10.